The molecule has 4 aromatic rings. The summed E-state index contributed by atoms with van der Waals surface area (Å²) in [4.78, 5) is 13.4. The zero-order valence-electron chi connectivity index (χ0n) is 22.3. The molecule has 0 spiro atoms. The van der Waals surface area contributed by atoms with E-state index < -0.39 is 15.8 Å². The summed E-state index contributed by atoms with van der Waals surface area (Å²) >= 11 is 0. The molecule has 0 bridgehead atoms. The maximum atomic E-state index is 15.3. The van der Waals surface area contributed by atoms with Gasteiger partial charge in [0.15, 0.2) is 5.82 Å². The number of ether oxygens (including phenoxy) is 1. The maximum Gasteiger partial charge on any atom is 0.237 e. The first kappa shape index (κ1) is 27.5. The Labute approximate surface area is 233 Å². The standard InChI is InChI=1S/C29H31FN6O3S/c1-19-20(2)27(36-40(37,38)18-21-8-4-3-5-9-21)24(30)16-26(19)39-28-23(11-7-14-32-28)25-12-15-33-29(35-25)34-22-10-6-13-31-17-22/h3-5,7-9,11-12,14-16,22,31,36H,6,10,13,17-18H2,1-2H3,(H,33,34,35). The average Bonchev–Trinajstić information content (AvgIpc) is 2.95. The molecule has 2 aromatic carbocycles. The molecule has 9 nitrogen and oxygen atoms in total. The lowest BCUT2D eigenvalue weighted by Crippen LogP contribution is -2.38. The number of piperidine rings is 1. The molecule has 208 valence electrons. The summed E-state index contributed by atoms with van der Waals surface area (Å²) in [6.45, 7) is 5.24. The lowest BCUT2D eigenvalue weighted by atomic mass is 10.1. The zero-order chi connectivity index (χ0) is 28.1. The zero-order valence-corrected chi connectivity index (χ0v) is 23.1. The van der Waals surface area contributed by atoms with Crippen molar-refractivity contribution < 1.29 is 17.5 Å². The number of halogens is 1. The highest BCUT2D eigenvalue weighted by molar-refractivity contribution is 7.91. The molecule has 1 unspecified atom stereocenters. The van der Waals surface area contributed by atoms with E-state index in [0.29, 0.717) is 33.9 Å². The molecular weight excluding hydrogens is 531 g/mol. The summed E-state index contributed by atoms with van der Waals surface area (Å²) in [5, 5.41) is 6.74. The van der Waals surface area contributed by atoms with E-state index in [-0.39, 0.29) is 29.1 Å². The summed E-state index contributed by atoms with van der Waals surface area (Å²) < 4.78 is 49.4. The monoisotopic (exact) mass is 562 g/mol. The van der Waals surface area contributed by atoms with Crippen LogP contribution >= 0.6 is 0 Å². The second-order valence-corrected chi connectivity index (χ2v) is 11.5. The van der Waals surface area contributed by atoms with E-state index in [2.05, 4.69) is 30.3 Å². The summed E-state index contributed by atoms with van der Waals surface area (Å²) in [5.74, 6) is -0.0468. The highest BCUT2D eigenvalue weighted by atomic mass is 32.2. The molecule has 2 aromatic heterocycles. The van der Waals surface area contributed by atoms with E-state index in [1.807, 2.05) is 6.07 Å². The molecule has 0 amide bonds. The van der Waals surface area contributed by atoms with Crippen LogP contribution in [0.4, 0.5) is 16.0 Å². The minimum absolute atomic E-state index is 0.106. The van der Waals surface area contributed by atoms with Crippen LogP contribution < -0.4 is 20.1 Å². The van der Waals surface area contributed by atoms with Crippen molar-refractivity contribution in [1.82, 2.24) is 20.3 Å². The van der Waals surface area contributed by atoms with E-state index in [1.54, 1.807) is 68.7 Å². The van der Waals surface area contributed by atoms with Crippen LogP contribution in [0.1, 0.15) is 29.5 Å². The Hall–Kier alpha value is -4.09. The van der Waals surface area contributed by atoms with Crippen LogP contribution in [0.15, 0.2) is 67.0 Å². The fourth-order valence-corrected chi connectivity index (χ4v) is 5.84. The Kier molecular flexibility index (Phi) is 8.22. The highest BCUT2D eigenvalue weighted by Crippen LogP contribution is 2.36. The van der Waals surface area contributed by atoms with Gasteiger partial charge in [0.1, 0.15) is 5.75 Å². The van der Waals surface area contributed by atoms with Gasteiger partial charge in [-0.05, 0) is 68.1 Å². The van der Waals surface area contributed by atoms with Crippen LogP contribution in [-0.4, -0.2) is 42.5 Å². The van der Waals surface area contributed by atoms with Gasteiger partial charge in [-0.25, -0.2) is 27.8 Å². The second kappa shape index (κ2) is 12.0. The molecule has 5 rings (SSSR count). The van der Waals surface area contributed by atoms with Crippen LogP contribution in [0, 0.1) is 19.7 Å². The Balaban J connectivity index is 1.38. The molecule has 1 aliphatic heterocycles. The van der Waals surface area contributed by atoms with Crippen molar-refractivity contribution in [3.63, 3.8) is 0 Å². The van der Waals surface area contributed by atoms with Crippen molar-refractivity contribution in [2.24, 2.45) is 0 Å². The molecular formula is C29H31FN6O3S. The predicted octanol–water partition coefficient (Wildman–Crippen LogP) is 5.19. The molecule has 40 heavy (non-hydrogen) atoms. The third-order valence-corrected chi connectivity index (χ3v) is 8.03. The van der Waals surface area contributed by atoms with E-state index in [1.165, 1.54) is 6.07 Å². The van der Waals surface area contributed by atoms with Gasteiger partial charge in [-0.1, -0.05) is 30.3 Å². The van der Waals surface area contributed by atoms with Crippen molar-refractivity contribution >= 4 is 21.7 Å². The van der Waals surface area contributed by atoms with Gasteiger partial charge in [-0.15, -0.1) is 0 Å². The first-order chi connectivity index (χ1) is 19.3. The number of pyridine rings is 1. The van der Waals surface area contributed by atoms with Gasteiger partial charge in [0, 0.05) is 31.0 Å². The van der Waals surface area contributed by atoms with Gasteiger partial charge in [-0.2, -0.15) is 0 Å². The van der Waals surface area contributed by atoms with E-state index in [0.717, 1.165) is 25.9 Å². The first-order valence-electron chi connectivity index (χ1n) is 13.1. The molecule has 0 radical (unpaired) electrons. The van der Waals surface area contributed by atoms with Crippen molar-refractivity contribution in [1.29, 1.82) is 0 Å². The minimum atomic E-state index is -3.85. The number of nitrogens with zero attached hydrogens (tertiary/aromatic N) is 3. The number of aromatic nitrogens is 3. The molecule has 3 heterocycles. The summed E-state index contributed by atoms with van der Waals surface area (Å²) in [5.41, 5.74) is 2.70. The van der Waals surface area contributed by atoms with E-state index >= 15 is 4.39 Å². The van der Waals surface area contributed by atoms with Crippen molar-refractivity contribution in [3.8, 4) is 22.9 Å². The molecule has 0 saturated carbocycles. The molecule has 1 saturated heterocycles. The number of rotatable bonds is 9. The van der Waals surface area contributed by atoms with Crippen LogP contribution in [0.25, 0.3) is 11.3 Å². The van der Waals surface area contributed by atoms with Crippen LogP contribution in [0.5, 0.6) is 11.6 Å². The van der Waals surface area contributed by atoms with Crippen LogP contribution in [0.2, 0.25) is 0 Å². The smallest absolute Gasteiger partial charge is 0.237 e. The minimum Gasteiger partial charge on any atom is -0.438 e. The summed E-state index contributed by atoms with van der Waals surface area (Å²) in [6, 6.07) is 15.5. The Morgan fingerprint density at radius 1 is 1.05 bits per heavy atom. The number of hydrogen-bond acceptors (Lipinski definition) is 8. The molecule has 1 atom stereocenters. The molecule has 0 aliphatic carbocycles. The molecule has 1 fully saturated rings. The Morgan fingerprint density at radius 2 is 1.88 bits per heavy atom. The van der Waals surface area contributed by atoms with Crippen LogP contribution in [0.3, 0.4) is 0 Å². The Morgan fingerprint density at radius 3 is 2.65 bits per heavy atom. The lowest BCUT2D eigenvalue weighted by Gasteiger charge is -2.23. The number of anilines is 2. The fourth-order valence-electron chi connectivity index (χ4n) is 4.57. The van der Waals surface area contributed by atoms with Crippen molar-refractivity contribution in [2.75, 3.05) is 23.1 Å². The van der Waals surface area contributed by atoms with Crippen molar-refractivity contribution in [3.05, 3.63) is 89.5 Å². The van der Waals surface area contributed by atoms with E-state index in [4.69, 9.17) is 4.74 Å². The number of hydrogen-bond donors (Lipinski definition) is 3. The number of sulfonamides is 1. The average molecular weight is 563 g/mol. The summed E-state index contributed by atoms with van der Waals surface area (Å²) in [7, 11) is -3.85. The molecule has 1 aliphatic rings. The second-order valence-electron chi connectivity index (χ2n) is 9.74. The maximum absolute atomic E-state index is 15.3. The summed E-state index contributed by atoms with van der Waals surface area (Å²) in [6.07, 6.45) is 5.37. The first-order valence-corrected chi connectivity index (χ1v) is 14.7. The fraction of sp³-hybridized carbons (Fsp3) is 0.276. The largest absolute Gasteiger partial charge is 0.438 e. The van der Waals surface area contributed by atoms with Gasteiger partial charge < -0.3 is 15.4 Å². The SMILES string of the molecule is Cc1c(Oc2ncccc2-c2ccnc(NC3CCCNC3)n2)cc(F)c(NS(=O)(=O)Cc2ccccc2)c1C. The highest BCUT2D eigenvalue weighted by Gasteiger charge is 2.21. The normalized spacial score (nSPS) is 15.4. The van der Waals surface area contributed by atoms with E-state index in [9.17, 15) is 8.42 Å². The number of benzene rings is 2. The third kappa shape index (κ3) is 6.54. The van der Waals surface area contributed by atoms with Gasteiger partial charge in [-0.3, -0.25) is 4.72 Å². The predicted molar refractivity (Wildman–Crippen MR) is 153 cm³/mol. The Bertz CT molecular complexity index is 1600. The lowest BCUT2D eigenvalue weighted by molar-refractivity contribution is 0.456. The van der Waals surface area contributed by atoms with Crippen molar-refractivity contribution in [2.45, 2.75) is 38.5 Å². The topological polar surface area (TPSA) is 118 Å². The molecule has 11 heteroatoms. The molecule has 3 N–H and O–H groups in total. The number of nitrogens with one attached hydrogen (secondary N) is 3. The third-order valence-electron chi connectivity index (χ3n) is 6.80. The quantitative estimate of drug-likeness (QED) is 0.255. The van der Waals surface area contributed by atoms with Crippen LogP contribution in [-0.2, 0) is 15.8 Å². The van der Waals surface area contributed by atoms with Gasteiger partial charge in [0.2, 0.25) is 21.9 Å². The van der Waals surface area contributed by atoms with Gasteiger partial charge >= 0.3 is 0 Å². The van der Waals surface area contributed by atoms with Gasteiger partial charge in [0.05, 0.1) is 22.7 Å². The van der Waals surface area contributed by atoms with Gasteiger partial charge in [0.25, 0.3) is 0 Å².